The minimum absolute atomic E-state index is 0.0804. The van der Waals surface area contributed by atoms with Gasteiger partial charge in [0.1, 0.15) is 5.82 Å². The van der Waals surface area contributed by atoms with Crippen LogP contribution in [0.5, 0.6) is 5.75 Å². The molecule has 25 heavy (non-hydrogen) atoms. The highest BCUT2D eigenvalue weighted by atomic mass is 16.6. The smallest absolute Gasteiger partial charge is 0.311 e. The Morgan fingerprint density at radius 2 is 2.00 bits per heavy atom. The number of pyridine rings is 1. The van der Waals surface area contributed by atoms with Crippen LogP contribution in [0.3, 0.4) is 0 Å². The van der Waals surface area contributed by atoms with Crippen LogP contribution in [-0.2, 0) is 0 Å². The van der Waals surface area contributed by atoms with E-state index in [4.69, 9.17) is 4.74 Å². The number of imidazole rings is 1. The third-order valence-corrected chi connectivity index (χ3v) is 3.70. The summed E-state index contributed by atoms with van der Waals surface area (Å²) in [6.45, 7) is 5.90. The summed E-state index contributed by atoms with van der Waals surface area (Å²) < 4.78 is 5.34. The highest BCUT2D eigenvalue weighted by Crippen LogP contribution is 2.35. The number of nitro benzene ring substituents is 1. The molecule has 0 bridgehead atoms. The quantitative estimate of drug-likeness (QED) is 0.559. The molecular formula is C18H18N4O3. The molecule has 0 amide bonds. The molecule has 0 aliphatic rings. The summed E-state index contributed by atoms with van der Waals surface area (Å²) in [7, 11) is 0. The summed E-state index contributed by atoms with van der Waals surface area (Å²) >= 11 is 0. The fourth-order valence-corrected chi connectivity index (χ4v) is 2.65. The fourth-order valence-electron chi connectivity index (χ4n) is 2.65. The first kappa shape index (κ1) is 16.6. The number of aryl methyl sites for hydroxylation is 2. The molecule has 0 spiro atoms. The molecule has 0 atom stereocenters. The van der Waals surface area contributed by atoms with Crippen LogP contribution in [0.2, 0.25) is 0 Å². The maximum Gasteiger partial charge on any atom is 0.311 e. The molecule has 0 radical (unpaired) electrons. The van der Waals surface area contributed by atoms with Gasteiger partial charge in [0.25, 0.3) is 0 Å². The Kier molecular flexibility index (Phi) is 4.47. The van der Waals surface area contributed by atoms with Gasteiger partial charge >= 0.3 is 5.69 Å². The zero-order valence-electron chi connectivity index (χ0n) is 14.2. The first-order valence-corrected chi connectivity index (χ1v) is 7.92. The molecule has 3 rings (SSSR count). The largest absolute Gasteiger partial charge is 0.487 e. The van der Waals surface area contributed by atoms with Crippen molar-refractivity contribution in [3.63, 3.8) is 0 Å². The van der Waals surface area contributed by atoms with Crippen molar-refractivity contribution in [1.29, 1.82) is 0 Å². The maximum absolute atomic E-state index is 11.4. The lowest BCUT2D eigenvalue weighted by Crippen LogP contribution is -1.98. The summed E-state index contributed by atoms with van der Waals surface area (Å²) in [5, 5.41) is 11.4. The topological polar surface area (TPSA) is 93.9 Å². The van der Waals surface area contributed by atoms with Gasteiger partial charge in [-0.25, -0.2) is 4.98 Å². The minimum atomic E-state index is -0.446. The van der Waals surface area contributed by atoms with E-state index in [2.05, 4.69) is 15.0 Å². The monoisotopic (exact) mass is 338 g/mol. The maximum atomic E-state index is 11.4. The van der Waals surface area contributed by atoms with E-state index in [1.165, 1.54) is 6.07 Å². The summed E-state index contributed by atoms with van der Waals surface area (Å²) in [5.41, 5.74) is 3.54. The van der Waals surface area contributed by atoms with E-state index in [1.807, 2.05) is 32.0 Å². The number of aromatic nitrogens is 3. The number of hydrogen-bond donors (Lipinski definition) is 1. The van der Waals surface area contributed by atoms with Crippen molar-refractivity contribution in [2.45, 2.75) is 20.8 Å². The molecular weight excluding hydrogens is 320 g/mol. The van der Waals surface area contributed by atoms with Crippen LogP contribution in [0.15, 0.2) is 36.4 Å². The van der Waals surface area contributed by atoms with Crippen molar-refractivity contribution in [3.05, 3.63) is 58.0 Å². The molecule has 128 valence electrons. The van der Waals surface area contributed by atoms with Gasteiger partial charge in [0, 0.05) is 17.3 Å². The third kappa shape index (κ3) is 3.35. The van der Waals surface area contributed by atoms with Crippen LogP contribution < -0.4 is 4.74 Å². The van der Waals surface area contributed by atoms with Gasteiger partial charge in [0.05, 0.1) is 28.6 Å². The number of aromatic amines is 1. The fraction of sp³-hybridized carbons (Fsp3) is 0.222. The second-order valence-corrected chi connectivity index (χ2v) is 5.58. The molecule has 3 aromatic rings. The Morgan fingerprint density at radius 1 is 1.20 bits per heavy atom. The average Bonchev–Trinajstić information content (AvgIpc) is 2.97. The Hall–Kier alpha value is -3.22. The Bertz CT molecular complexity index is 934. The van der Waals surface area contributed by atoms with E-state index in [9.17, 15) is 10.1 Å². The van der Waals surface area contributed by atoms with Crippen LogP contribution in [-0.4, -0.2) is 26.5 Å². The summed E-state index contributed by atoms with van der Waals surface area (Å²) in [6.07, 6.45) is 0. The van der Waals surface area contributed by atoms with Gasteiger partial charge in [-0.1, -0.05) is 6.07 Å². The molecule has 2 aromatic heterocycles. The van der Waals surface area contributed by atoms with Gasteiger partial charge in [-0.2, -0.15) is 0 Å². The van der Waals surface area contributed by atoms with Gasteiger partial charge in [0.2, 0.25) is 0 Å². The average molecular weight is 338 g/mol. The summed E-state index contributed by atoms with van der Waals surface area (Å²) in [4.78, 5) is 23.1. The summed E-state index contributed by atoms with van der Waals surface area (Å²) in [5.74, 6) is 0.962. The van der Waals surface area contributed by atoms with Crippen LogP contribution in [0.25, 0.3) is 22.6 Å². The summed E-state index contributed by atoms with van der Waals surface area (Å²) in [6, 6.07) is 10.6. The number of nitro groups is 1. The standard InChI is InChI=1S/C18H18N4O3/c1-4-25-16-9-8-13(10-15(16)22(23)24)17-18(21-12(3)20-17)14-7-5-6-11(2)19-14/h5-10H,4H2,1-3H3,(H,20,21). The number of benzene rings is 1. The van der Waals surface area contributed by atoms with E-state index in [0.717, 1.165) is 17.1 Å². The van der Waals surface area contributed by atoms with E-state index >= 15 is 0 Å². The van der Waals surface area contributed by atoms with Crippen LogP contribution >= 0.6 is 0 Å². The number of ether oxygens (including phenoxy) is 1. The Labute approximate surface area is 144 Å². The molecule has 7 nitrogen and oxygen atoms in total. The van der Waals surface area contributed by atoms with Crippen molar-refractivity contribution in [2.75, 3.05) is 6.61 Å². The minimum Gasteiger partial charge on any atom is -0.487 e. The second-order valence-electron chi connectivity index (χ2n) is 5.58. The first-order valence-electron chi connectivity index (χ1n) is 7.92. The Morgan fingerprint density at radius 3 is 2.68 bits per heavy atom. The molecule has 1 N–H and O–H groups in total. The van der Waals surface area contributed by atoms with Gasteiger partial charge in [-0.15, -0.1) is 0 Å². The van der Waals surface area contributed by atoms with E-state index < -0.39 is 4.92 Å². The number of nitrogens with zero attached hydrogens (tertiary/aromatic N) is 3. The molecule has 0 unspecified atom stereocenters. The lowest BCUT2D eigenvalue weighted by atomic mass is 10.1. The van der Waals surface area contributed by atoms with Crippen LogP contribution in [0.4, 0.5) is 5.69 Å². The molecule has 0 fully saturated rings. The van der Waals surface area contributed by atoms with E-state index in [-0.39, 0.29) is 11.4 Å². The van der Waals surface area contributed by atoms with E-state index in [0.29, 0.717) is 23.7 Å². The molecule has 0 aliphatic heterocycles. The highest BCUT2D eigenvalue weighted by molar-refractivity contribution is 5.78. The molecule has 0 saturated carbocycles. The molecule has 2 heterocycles. The predicted octanol–water partition coefficient (Wildman–Crippen LogP) is 4.06. The molecule has 7 heteroatoms. The number of rotatable bonds is 5. The van der Waals surface area contributed by atoms with Crippen molar-refractivity contribution >= 4 is 5.69 Å². The van der Waals surface area contributed by atoms with Crippen LogP contribution in [0, 0.1) is 24.0 Å². The molecule has 0 aliphatic carbocycles. The van der Waals surface area contributed by atoms with Crippen molar-refractivity contribution in [3.8, 4) is 28.4 Å². The van der Waals surface area contributed by atoms with Gasteiger partial charge in [-0.05, 0) is 45.0 Å². The lowest BCUT2D eigenvalue weighted by molar-refractivity contribution is -0.385. The number of hydrogen-bond acceptors (Lipinski definition) is 5. The highest BCUT2D eigenvalue weighted by Gasteiger charge is 2.20. The van der Waals surface area contributed by atoms with Crippen molar-refractivity contribution in [1.82, 2.24) is 15.0 Å². The normalized spacial score (nSPS) is 10.7. The Balaban J connectivity index is 2.14. The van der Waals surface area contributed by atoms with Crippen molar-refractivity contribution < 1.29 is 9.66 Å². The SMILES string of the molecule is CCOc1ccc(-c2nc(C)[nH]c2-c2cccc(C)n2)cc1[N+](=O)[O-]. The molecule has 0 saturated heterocycles. The number of nitrogens with one attached hydrogen (secondary N) is 1. The number of H-pyrrole nitrogens is 1. The zero-order chi connectivity index (χ0) is 18.0. The van der Waals surface area contributed by atoms with Gasteiger partial charge in [-0.3, -0.25) is 15.1 Å². The van der Waals surface area contributed by atoms with Crippen molar-refractivity contribution in [2.24, 2.45) is 0 Å². The lowest BCUT2D eigenvalue weighted by Gasteiger charge is -2.07. The first-order chi connectivity index (χ1) is 12.0. The van der Waals surface area contributed by atoms with Crippen LogP contribution in [0.1, 0.15) is 18.4 Å². The van der Waals surface area contributed by atoms with Gasteiger partial charge < -0.3 is 9.72 Å². The zero-order valence-corrected chi connectivity index (χ0v) is 14.2. The van der Waals surface area contributed by atoms with Gasteiger partial charge in [0.15, 0.2) is 5.75 Å². The molecule has 1 aromatic carbocycles. The van der Waals surface area contributed by atoms with E-state index in [1.54, 1.807) is 19.1 Å². The second kappa shape index (κ2) is 6.72. The predicted molar refractivity (Wildman–Crippen MR) is 94.6 cm³/mol. The third-order valence-electron chi connectivity index (χ3n) is 3.70.